The summed E-state index contributed by atoms with van der Waals surface area (Å²) in [5.41, 5.74) is 2.58. The van der Waals surface area contributed by atoms with Crippen molar-refractivity contribution >= 4 is 46.1 Å². The van der Waals surface area contributed by atoms with Crippen LogP contribution in [0, 0.1) is 6.92 Å². The van der Waals surface area contributed by atoms with E-state index in [2.05, 4.69) is 32.7 Å². The standard InChI is InChI=1S/C22H20N4O2/c1-15-13-17-14-18(7-8-20(17)28-15)24-22(23-2)25-21(27)10-12-26-11-9-16-5-3-4-6-19(16)26/h3-9,11,13-14H,2,10,12H2,1H3,(H,24,25,27). The molecule has 6 heteroatoms. The highest BCUT2D eigenvalue weighted by Crippen LogP contribution is 2.24. The molecule has 140 valence electrons. The molecule has 0 aliphatic rings. The zero-order chi connectivity index (χ0) is 19.5. The van der Waals surface area contributed by atoms with Crippen molar-refractivity contribution in [2.45, 2.75) is 19.9 Å². The molecule has 0 radical (unpaired) electrons. The van der Waals surface area contributed by atoms with Gasteiger partial charge in [0.25, 0.3) is 0 Å². The zero-order valence-electron chi connectivity index (χ0n) is 15.6. The van der Waals surface area contributed by atoms with Crippen molar-refractivity contribution in [3.8, 4) is 0 Å². The van der Waals surface area contributed by atoms with Crippen LogP contribution in [0.5, 0.6) is 0 Å². The van der Waals surface area contributed by atoms with Crippen LogP contribution in [0.15, 0.2) is 75.2 Å². The molecule has 4 rings (SSSR count). The summed E-state index contributed by atoms with van der Waals surface area (Å²) >= 11 is 0. The summed E-state index contributed by atoms with van der Waals surface area (Å²) < 4.78 is 7.62. The van der Waals surface area contributed by atoms with Gasteiger partial charge in [0.05, 0.1) is 5.69 Å². The normalized spacial score (nSPS) is 11.8. The van der Waals surface area contributed by atoms with Gasteiger partial charge in [0.1, 0.15) is 11.3 Å². The number of aromatic nitrogens is 1. The molecule has 28 heavy (non-hydrogen) atoms. The zero-order valence-corrected chi connectivity index (χ0v) is 15.6. The lowest BCUT2D eigenvalue weighted by Gasteiger charge is -2.07. The summed E-state index contributed by atoms with van der Waals surface area (Å²) in [7, 11) is 0. The molecule has 0 saturated heterocycles. The second-order valence-corrected chi connectivity index (χ2v) is 6.54. The lowest BCUT2D eigenvalue weighted by atomic mass is 10.2. The maximum absolute atomic E-state index is 12.3. The number of hydrogen-bond donors (Lipinski definition) is 1. The van der Waals surface area contributed by atoms with Crippen molar-refractivity contribution in [1.29, 1.82) is 0 Å². The van der Waals surface area contributed by atoms with E-state index in [0.29, 0.717) is 18.7 Å². The number of rotatable bonds is 4. The van der Waals surface area contributed by atoms with Gasteiger partial charge in [-0.2, -0.15) is 0 Å². The maximum atomic E-state index is 12.3. The molecule has 0 bridgehead atoms. The van der Waals surface area contributed by atoms with E-state index in [4.69, 9.17) is 4.42 Å². The first-order valence-electron chi connectivity index (χ1n) is 9.02. The molecule has 1 amide bonds. The van der Waals surface area contributed by atoms with E-state index in [-0.39, 0.29) is 11.9 Å². The van der Waals surface area contributed by atoms with E-state index in [1.54, 1.807) is 0 Å². The molecule has 1 N–H and O–H groups in total. The Bertz CT molecular complexity index is 1200. The van der Waals surface area contributed by atoms with Crippen LogP contribution in [0.4, 0.5) is 5.69 Å². The number of amides is 1. The minimum atomic E-state index is -0.163. The molecule has 2 aromatic carbocycles. The van der Waals surface area contributed by atoms with Crippen molar-refractivity contribution in [1.82, 2.24) is 9.88 Å². The van der Waals surface area contributed by atoms with E-state index in [9.17, 15) is 4.79 Å². The molecule has 4 aromatic rings. The van der Waals surface area contributed by atoms with Gasteiger partial charge in [-0.05, 0) is 55.4 Å². The third-order valence-corrected chi connectivity index (χ3v) is 4.52. The fourth-order valence-corrected chi connectivity index (χ4v) is 3.20. The maximum Gasteiger partial charge on any atom is 0.229 e. The third-order valence-electron chi connectivity index (χ3n) is 4.52. The number of fused-ring (bicyclic) bond motifs is 2. The third kappa shape index (κ3) is 3.71. The number of benzene rings is 2. The van der Waals surface area contributed by atoms with Gasteiger partial charge in [-0.3, -0.25) is 10.1 Å². The van der Waals surface area contributed by atoms with Crippen molar-refractivity contribution in [2.24, 2.45) is 9.98 Å². The Morgan fingerprint density at radius 1 is 1.14 bits per heavy atom. The molecule has 0 fully saturated rings. The fourth-order valence-electron chi connectivity index (χ4n) is 3.20. The summed E-state index contributed by atoms with van der Waals surface area (Å²) in [5.74, 6) is 0.857. The van der Waals surface area contributed by atoms with Crippen LogP contribution in [-0.2, 0) is 11.3 Å². The van der Waals surface area contributed by atoms with E-state index < -0.39 is 0 Å². The number of carbonyl (C=O) groups is 1. The van der Waals surface area contributed by atoms with Gasteiger partial charge < -0.3 is 8.98 Å². The van der Waals surface area contributed by atoms with E-state index in [1.807, 2.05) is 61.7 Å². The minimum Gasteiger partial charge on any atom is -0.461 e. The number of para-hydroxylation sites is 1. The molecule has 0 aliphatic carbocycles. The molecule has 0 saturated carbocycles. The number of furan rings is 1. The summed E-state index contributed by atoms with van der Waals surface area (Å²) in [6.07, 6.45) is 2.30. The van der Waals surface area contributed by atoms with Crippen molar-refractivity contribution in [3.63, 3.8) is 0 Å². The number of hydrogen-bond acceptors (Lipinski definition) is 3. The summed E-state index contributed by atoms with van der Waals surface area (Å²) in [6.45, 7) is 5.98. The van der Waals surface area contributed by atoms with Gasteiger partial charge in [0.15, 0.2) is 0 Å². The largest absolute Gasteiger partial charge is 0.461 e. The quantitative estimate of drug-likeness (QED) is 0.420. The average molecular weight is 372 g/mol. The molecule has 0 aliphatic heterocycles. The van der Waals surface area contributed by atoms with Gasteiger partial charge >= 0.3 is 0 Å². The Labute approximate surface area is 162 Å². The van der Waals surface area contributed by atoms with Crippen LogP contribution in [0.25, 0.3) is 21.9 Å². The van der Waals surface area contributed by atoms with Crippen LogP contribution in [0.3, 0.4) is 0 Å². The summed E-state index contributed by atoms with van der Waals surface area (Å²) in [6, 6.07) is 17.6. The fraction of sp³-hybridized carbons (Fsp3) is 0.136. The number of nitrogens with one attached hydrogen (secondary N) is 1. The van der Waals surface area contributed by atoms with Crippen LogP contribution >= 0.6 is 0 Å². The number of nitrogens with zero attached hydrogens (tertiary/aromatic N) is 3. The topological polar surface area (TPSA) is 71.9 Å². The highest BCUT2D eigenvalue weighted by molar-refractivity contribution is 6.00. The summed E-state index contributed by atoms with van der Waals surface area (Å²) in [5, 5.41) is 4.83. The van der Waals surface area contributed by atoms with Crippen LogP contribution in [0.2, 0.25) is 0 Å². The lowest BCUT2D eigenvalue weighted by Crippen LogP contribution is -2.29. The Morgan fingerprint density at radius 2 is 2.00 bits per heavy atom. The Hall–Kier alpha value is -3.67. The predicted molar refractivity (Wildman–Crippen MR) is 112 cm³/mol. The van der Waals surface area contributed by atoms with Gasteiger partial charge in [-0.1, -0.05) is 18.2 Å². The van der Waals surface area contributed by atoms with Gasteiger partial charge in [0, 0.05) is 30.1 Å². The molecule has 0 atom stereocenters. The van der Waals surface area contributed by atoms with Crippen molar-refractivity contribution in [3.05, 3.63) is 66.6 Å². The minimum absolute atomic E-state index is 0.163. The number of aliphatic imine (C=N–C) groups is 2. The lowest BCUT2D eigenvalue weighted by molar-refractivity contribution is -0.119. The molecule has 2 aromatic heterocycles. The molecule has 2 heterocycles. The first-order valence-corrected chi connectivity index (χ1v) is 9.02. The molecule has 6 nitrogen and oxygen atoms in total. The summed E-state index contributed by atoms with van der Waals surface area (Å²) in [4.78, 5) is 20.6. The van der Waals surface area contributed by atoms with Gasteiger partial charge in [-0.25, -0.2) is 9.98 Å². The van der Waals surface area contributed by atoms with Gasteiger partial charge in [-0.15, -0.1) is 0 Å². The number of guanidine groups is 1. The number of aryl methyl sites for hydroxylation is 2. The smallest absolute Gasteiger partial charge is 0.229 e. The molecule has 0 unspecified atom stereocenters. The first kappa shape index (κ1) is 17.7. The monoisotopic (exact) mass is 372 g/mol. The second-order valence-electron chi connectivity index (χ2n) is 6.54. The Kier molecular flexibility index (Phi) is 4.76. The van der Waals surface area contributed by atoms with Crippen LogP contribution < -0.4 is 5.32 Å². The van der Waals surface area contributed by atoms with Crippen molar-refractivity contribution < 1.29 is 9.21 Å². The average Bonchev–Trinajstić information content (AvgIpc) is 3.27. The predicted octanol–water partition coefficient (Wildman–Crippen LogP) is 4.59. The van der Waals surface area contributed by atoms with Crippen LogP contribution in [-0.4, -0.2) is 23.2 Å². The molecular formula is C22H20N4O2. The van der Waals surface area contributed by atoms with E-state index in [1.165, 1.54) is 0 Å². The Balaban J connectivity index is 1.43. The molecular weight excluding hydrogens is 352 g/mol. The van der Waals surface area contributed by atoms with E-state index >= 15 is 0 Å². The second kappa shape index (κ2) is 7.52. The van der Waals surface area contributed by atoms with Crippen molar-refractivity contribution in [2.75, 3.05) is 0 Å². The van der Waals surface area contributed by atoms with E-state index in [0.717, 1.165) is 27.6 Å². The molecule has 0 spiro atoms. The first-order chi connectivity index (χ1) is 13.6. The van der Waals surface area contributed by atoms with Gasteiger partial charge in [0.2, 0.25) is 11.9 Å². The van der Waals surface area contributed by atoms with Crippen LogP contribution in [0.1, 0.15) is 12.2 Å². The SMILES string of the molecule is C=NC(=Nc1ccc2oc(C)cc2c1)NC(=O)CCn1ccc2ccccc21. The highest BCUT2D eigenvalue weighted by atomic mass is 16.3. The number of carbonyl (C=O) groups excluding carboxylic acids is 1. The Morgan fingerprint density at radius 3 is 2.86 bits per heavy atom. The highest BCUT2D eigenvalue weighted by Gasteiger charge is 2.08.